The average molecular weight is 242 g/mol. The highest BCUT2D eigenvalue weighted by Crippen LogP contribution is 2.18. The van der Waals surface area contributed by atoms with Crippen LogP contribution in [0.4, 0.5) is 0 Å². The maximum Gasteiger partial charge on any atom is 0.0971 e. The molecule has 0 amide bonds. The number of nitrogens with zero attached hydrogens (tertiary/aromatic N) is 1. The standard InChI is InChI=1S/C13H26N2O2/c1-16-12-9-15(10-13(12)17-2)8-7-14-11-5-3-4-6-11/h11-14H,3-10H2,1-2H3. The van der Waals surface area contributed by atoms with Gasteiger partial charge < -0.3 is 14.8 Å². The Kier molecular flexibility index (Phi) is 5.22. The first-order chi connectivity index (χ1) is 8.33. The van der Waals surface area contributed by atoms with Gasteiger partial charge in [0.05, 0.1) is 12.2 Å². The van der Waals surface area contributed by atoms with Crippen molar-refractivity contribution in [1.29, 1.82) is 0 Å². The fraction of sp³-hybridized carbons (Fsp3) is 1.00. The summed E-state index contributed by atoms with van der Waals surface area (Å²) in [5.41, 5.74) is 0. The summed E-state index contributed by atoms with van der Waals surface area (Å²) >= 11 is 0. The second kappa shape index (κ2) is 6.69. The second-order valence-corrected chi connectivity index (χ2v) is 5.24. The molecule has 17 heavy (non-hydrogen) atoms. The molecule has 0 radical (unpaired) electrons. The van der Waals surface area contributed by atoms with Gasteiger partial charge in [0.25, 0.3) is 0 Å². The molecule has 4 nitrogen and oxygen atoms in total. The Labute approximate surface area is 105 Å². The predicted molar refractivity (Wildman–Crippen MR) is 68.3 cm³/mol. The van der Waals surface area contributed by atoms with Crippen molar-refractivity contribution in [2.24, 2.45) is 0 Å². The quantitative estimate of drug-likeness (QED) is 0.749. The lowest BCUT2D eigenvalue weighted by Crippen LogP contribution is -2.35. The highest BCUT2D eigenvalue weighted by Gasteiger charge is 2.32. The summed E-state index contributed by atoms with van der Waals surface area (Å²) in [5, 5.41) is 3.65. The van der Waals surface area contributed by atoms with E-state index in [1.54, 1.807) is 14.2 Å². The van der Waals surface area contributed by atoms with Crippen molar-refractivity contribution < 1.29 is 9.47 Å². The van der Waals surface area contributed by atoms with Gasteiger partial charge in [0.1, 0.15) is 0 Å². The monoisotopic (exact) mass is 242 g/mol. The molecule has 100 valence electrons. The van der Waals surface area contributed by atoms with Crippen molar-refractivity contribution in [1.82, 2.24) is 10.2 Å². The van der Waals surface area contributed by atoms with Crippen LogP contribution in [-0.2, 0) is 9.47 Å². The Bertz CT molecular complexity index is 207. The lowest BCUT2D eigenvalue weighted by atomic mass is 10.2. The number of rotatable bonds is 6. The van der Waals surface area contributed by atoms with E-state index in [-0.39, 0.29) is 12.2 Å². The van der Waals surface area contributed by atoms with Gasteiger partial charge in [-0.25, -0.2) is 0 Å². The van der Waals surface area contributed by atoms with Gasteiger partial charge >= 0.3 is 0 Å². The van der Waals surface area contributed by atoms with Gasteiger partial charge in [0.15, 0.2) is 0 Å². The Hall–Kier alpha value is -0.160. The van der Waals surface area contributed by atoms with E-state index in [4.69, 9.17) is 9.47 Å². The molecule has 0 aromatic rings. The lowest BCUT2D eigenvalue weighted by molar-refractivity contribution is -0.00461. The maximum absolute atomic E-state index is 5.44. The molecular weight excluding hydrogens is 216 g/mol. The molecule has 2 aliphatic rings. The Balaban J connectivity index is 1.63. The molecule has 2 rings (SSSR count). The molecule has 0 spiro atoms. The van der Waals surface area contributed by atoms with Gasteiger partial charge in [0.2, 0.25) is 0 Å². The highest BCUT2D eigenvalue weighted by atomic mass is 16.5. The molecule has 0 aromatic carbocycles. The summed E-state index contributed by atoms with van der Waals surface area (Å²) < 4.78 is 10.9. The minimum Gasteiger partial charge on any atom is -0.377 e. The van der Waals surface area contributed by atoms with Crippen LogP contribution >= 0.6 is 0 Å². The zero-order chi connectivity index (χ0) is 12.1. The van der Waals surface area contributed by atoms with E-state index in [0.29, 0.717) is 0 Å². The summed E-state index contributed by atoms with van der Waals surface area (Å²) in [5.74, 6) is 0. The van der Waals surface area contributed by atoms with Gasteiger partial charge in [-0.15, -0.1) is 0 Å². The van der Waals surface area contributed by atoms with Crippen molar-refractivity contribution in [3.63, 3.8) is 0 Å². The molecule has 1 aliphatic carbocycles. The van der Waals surface area contributed by atoms with Crippen molar-refractivity contribution in [2.75, 3.05) is 40.4 Å². The van der Waals surface area contributed by atoms with E-state index in [1.165, 1.54) is 25.7 Å². The molecule has 1 heterocycles. The molecule has 1 saturated heterocycles. The molecule has 1 saturated carbocycles. The SMILES string of the molecule is COC1CN(CCNC2CCCC2)CC1OC. The van der Waals surface area contributed by atoms with Crippen LogP contribution in [0.2, 0.25) is 0 Å². The Morgan fingerprint density at radius 1 is 1.06 bits per heavy atom. The minimum atomic E-state index is 0.242. The summed E-state index contributed by atoms with van der Waals surface area (Å²) in [7, 11) is 3.55. The van der Waals surface area contributed by atoms with E-state index >= 15 is 0 Å². The number of ether oxygens (including phenoxy) is 2. The van der Waals surface area contributed by atoms with E-state index < -0.39 is 0 Å². The third-order valence-electron chi connectivity index (χ3n) is 4.11. The van der Waals surface area contributed by atoms with Crippen LogP contribution in [0, 0.1) is 0 Å². The molecule has 0 bridgehead atoms. The number of hydrogen-bond donors (Lipinski definition) is 1. The van der Waals surface area contributed by atoms with Crippen LogP contribution in [0.3, 0.4) is 0 Å². The lowest BCUT2D eigenvalue weighted by Gasteiger charge is -2.17. The number of hydrogen-bond acceptors (Lipinski definition) is 4. The van der Waals surface area contributed by atoms with Gasteiger partial charge in [-0.3, -0.25) is 4.90 Å². The van der Waals surface area contributed by atoms with E-state index in [9.17, 15) is 0 Å². The third kappa shape index (κ3) is 3.65. The van der Waals surface area contributed by atoms with Crippen molar-refractivity contribution in [3.8, 4) is 0 Å². The van der Waals surface area contributed by atoms with Crippen LogP contribution in [-0.4, -0.2) is 63.5 Å². The third-order valence-corrected chi connectivity index (χ3v) is 4.11. The van der Waals surface area contributed by atoms with E-state index in [0.717, 1.165) is 32.2 Å². The van der Waals surface area contributed by atoms with Crippen LogP contribution in [0.5, 0.6) is 0 Å². The molecule has 2 fully saturated rings. The first kappa shape index (κ1) is 13.3. The zero-order valence-electron chi connectivity index (χ0n) is 11.2. The maximum atomic E-state index is 5.44. The van der Waals surface area contributed by atoms with E-state index in [2.05, 4.69) is 10.2 Å². The largest absolute Gasteiger partial charge is 0.377 e. The van der Waals surface area contributed by atoms with Crippen LogP contribution in [0.15, 0.2) is 0 Å². The number of likely N-dealkylation sites (tertiary alicyclic amines) is 1. The zero-order valence-corrected chi connectivity index (χ0v) is 11.2. The molecule has 1 aliphatic heterocycles. The fourth-order valence-corrected chi connectivity index (χ4v) is 3.01. The van der Waals surface area contributed by atoms with Crippen LogP contribution < -0.4 is 5.32 Å². The average Bonchev–Trinajstić information content (AvgIpc) is 2.97. The summed E-state index contributed by atoms with van der Waals surface area (Å²) in [6.07, 6.45) is 6.01. The van der Waals surface area contributed by atoms with Crippen molar-refractivity contribution >= 4 is 0 Å². The fourth-order valence-electron chi connectivity index (χ4n) is 3.01. The summed E-state index contributed by atoms with van der Waals surface area (Å²) in [6.45, 7) is 4.20. The predicted octanol–water partition coefficient (Wildman–Crippen LogP) is 0.864. The molecule has 1 N–H and O–H groups in total. The number of nitrogens with one attached hydrogen (secondary N) is 1. The first-order valence-corrected chi connectivity index (χ1v) is 6.85. The van der Waals surface area contributed by atoms with E-state index in [1.807, 2.05) is 0 Å². The topological polar surface area (TPSA) is 33.7 Å². The Morgan fingerprint density at radius 2 is 1.65 bits per heavy atom. The molecule has 0 aromatic heterocycles. The summed E-state index contributed by atoms with van der Waals surface area (Å²) in [6, 6.07) is 0.772. The smallest absolute Gasteiger partial charge is 0.0971 e. The highest BCUT2D eigenvalue weighted by molar-refractivity contribution is 4.86. The first-order valence-electron chi connectivity index (χ1n) is 6.85. The normalized spacial score (nSPS) is 31.4. The van der Waals surface area contributed by atoms with Gasteiger partial charge in [-0.05, 0) is 12.8 Å². The van der Waals surface area contributed by atoms with Gasteiger partial charge in [-0.1, -0.05) is 12.8 Å². The molecular formula is C13H26N2O2. The Morgan fingerprint density at radius 3 is 2.18 bits per heavy atom. The second-order valence-electron chi connectivity index (χ2n) is 5.24. The molecule has 2 unspecified atom stereocenters. The number of methoxy groups -OCH3 is 2. The molecule has 2 atom stereocenters. The minimum absolute atomic E-state index is 0.242. The van der Waals surface area contributed by atoms with Crippen molar-refractivity contribution in [2.45, 2.75) is 43.9 Å². The van der Waals surface area contributed by atoms with Gasteiger partial charge in [0, 0.05) is 46.4 Å². The van der Waals surface area contributed by atoms with Crippen LogP contribution in [0.25, 0.3) is 0 Å². The van der Waals surface area contributed by atoms with Gasteiger partial charge in [-0.2, -0.15) is 0 Å². The summed E-state index contributed by atoms with van der Waals surface area (Å²) in [4.78, 5) is 2.43. The van der Waals surface area contributed by atoms with Crippen molar-refractivity contribution in [3.05, 3.63) is 0 Å². The molecule has 4 heteroatoms. The van der Waals surface area contributed by atoms with Crippen LogP contribution in [0.1, 0.15) is 25.7 Å².